The zero-order valence-electron chi connectivity index (χ0n) is 80.2. The Labute approximate surface area is 926 Å². The average Bonchev–Trinajstić information content (AvgIpc) is 1.60. The molecule has 47 nitrogen and oxygen atoms in total. The molecule has 2 atom stereocenters. The Morgan fingerprint density at radius 3 is 0.986 bits per heavy atom. The van der Waals surface area contributed by atoms with Crippen LogP contribution in [0.5, 0.6) is 0 Å². The second kappa shape index (κ2) is 67.5. The number of hydrogen-bond donors (Lipinski definition) is 5. The monoisotopic (exact) mass is 2300 g/mol. The third kappa shape index (κ3) is 53.5. The summed E-state index contributed by atoms with van der Waals surface area (Å²) in [6.45, 7) is 3.15. The smallest absolute Gasteiger partial charge is 0.748 e. The van der Waals surface area contributed by atoms with E-state index in [0.29, 0.717) is 63.8 Å². The number of carbonyl (C=O) groups excluding carboxylic acids is 1. The van der Waals surface area contributed by atoms with Crippen molar-refractivity contribution >= 4 is 174 Å². The van der Waals surface area contributed by atoms with Crippen LogP contribution < -0.4 is 106 Å². The van der Waals surface area contributed by atoms with E-state index in [1.165, 1.54) is 38.1 Å². The van der Waals surface area contributed by atoms with Crippen molar-refractivity contribution in [1.82, 2.24) is 49.3 Å². The minimum absolute atomic E-state index is 0. The van der Waals surface area contributed by atoms with Gasteiger partial charge >= 0.3 is 98.5 Å². The van der Waals surface area contributed by atoms with E-state index < -0.39 is 152 Å². The number of nitrogens with zero attached hydrogens (tertiary/aromatic N) is 12. The molecular formula is C84H97CuLi4N15O32S12. The molecular weight excluding hydrogens is 2210 g/mol. The van der Waals surface area contributed by atoms with Crippen molar-refractivity contribution in [1.29, 1.82) is 21.0 Å². The summed E-state index contributed by atoms with van der Waals surface area (Å²) in [6, 6.07) is 54.4. The summed E-state index contributed by atoms with van der Waals surface area (Å²) < 4.78 is 261. The van der Waals surface area contributed by atoms with Gasteiger partial charge in [0.15, 0.2) is 19.7 Å². The second-order valence-electron chi connectivity index (χ2n) is 29.8. The summed E-state index contributed by atoms with van der Waals surface area (Å²) in [5.74, 6) is 2.74. The van der Waals surface area contributed by atoms with Crippen LogP contribution in [0.3, 0.4) is 0 Å². The summed E-state index contributed by atoms with van der Waals surface area (Å²) in [6.07, 6.45) is 3.29. The predicted octanol–water partition coefficient (Wildman–Crippen LogP) is -7.34. The van der Waals surface area contributed by atoms with Crippen molar-refractivity contribution in [2.45, 2.75) is 81.8 Å². The van der Waals surface area contributed by atoms with E-state index in [2.05, 4.69) is 38.8 Å². The topological polar surface area (TPSA) is 788 Å². The van der Waals surface area contributed by atoms with Gasteiger partial charge in [-0.15, -0.1) is 0 Å². The molecule has 148 heavy (non-hydrogen) atoms. The molecule has 787 valence electrons. The summed E-state index contributed by atoms with van der Waals surface area (Å²) in [7, 11) is -37.1. The maximum atomic E-state index is 12.2. The van der Waals surface area contributed by atoms with Gasteiger partial charge in [0.1, 0.15) is 53.8 Å². The van der Waals surface area contributed by atoms with E-state index in [1.807, 2.05) is 103 Å². The molecule has 2 aliphatic rings. The number of fused-ring (bicyclic) bond motifs is 20. The van der Waals surface area contributed by atoms with Crippen LogP contribution in [0.25, 0.3) is 89.7 Å². The van der Waals surface area contributed by atoms with Gasteiger partial charge in [0.05, 0.1) is 150 Å². The molecule has 2 aliphatic heterocycles. The average molecular weight is 2300 g/mol. The number of rotatable bonds is 37. The Bertz CT molecular complexity index is 7220. The first-order valence-corrected chi connectivity index (χ1v) is 60.4. The first-order chi connectivity index (χ1) is 66.4. The standard InChI is InChI=1S/C32H16N8.C14H17N3O5S2.C11H10N2O5S2.C7H17NO5S2.C7H7NO2.3C4H10O5S2.CH4.Cu.4Li/c1-2-10-18-17(9-1)25-33-26(18)38-28-21-13-5-6-14-22(21)30(35-28)40-32-24-16-8-7-15-23(24)31(36-32)39-29-20-12-4-3-11-19(20)27(34-29)37-25;1-11(18)10-17-24(21,22)6-2-5-23(19,20)14-4-3-12(8-15)13(7-14)9-16;12-7-9-2-3-11(6-10(9)8-13)19(14,15)4-1-5-20(16,17)18;1-7(9)6-8-15(12,13)5-3-4-14(2,10)11;8-10-7(9)6-4-2-1-3-5-6;2*1-10(5,6)3-2-4-11(7,8)9;1-10-8-6-3-2-4-11-9-7-5;;;;;;/h1-16H;3-4,7,11,17-18H,2,5-6,10H2,1H3;2-3,6H,1,4-5H2,(H,16,17,18);7-9H,3-6H2,1-2H3;1-5H,8H2;2*2-4H2,1H3,(H,7,8,9);5H,2-4H2,1H3;1H4;;;;;/q-2;;;;;;;;;+2;4*+1/p-4. The van der Waals surface area contributed by atoms with Crippen molar-refractivity contribution < 1.29 is 234 Å². The third-order valence-electron chi connectivity index (χ3n) is 17.9. The van der Waals surface area contributed by atoms with E-state index in [0.717, 1.165) is 105 Å². The van der Waals surface area contributed by atoms with Gasteiger partial charge in [-0.2, -0.15) is 35.6 Å². The fourth-order valence-electron chi connectivity index (χ4n) is 11.5. The molecule has 0 aliphatic carbocycles. The largest absolute Gasteiger partial charge is 2.00 e. The number of carbonyl (C=O) groups is 1. The molecule has 0 saturated carbocycles. The van der Waals surface area contributed by atoms with Crippen LogP contribution in [0.15, 0.2) is 174 Å². The van der Waals surface area contributed by atoms with Crippen molar-refractivity contribution in [2.75, 3.05) is 108 Å². The SMILES string of the molecule is C.CC(O)CNS(=O)(=O)CCCS(=O)(=O)c1ccc(C#N)c(C#N)c1.CC(O)CNS(=O)(=O)CCCS(C)(=O)=O.CS(=O)(=O)CCCS(=O)(=O)[O-].CS(=O)(=O)CCCS(=O)(=O)[O-].CSOOCCCSOO[O-].N#Cc1ccc(S(=O)(=O)CCCS(=O)(=O)[O-])cc1C#N.NOC(=O)c1ccccc1.[Cu+2].[Li+].[Li+].[Li+].[Li+].c1ccc2c(c1)-c1nc-2nc2[n-]c(nc3nc(nc4[n-]c(n1)c1ccccc41)-c1ccccc1-3)c1ccccc21. The van der Waals surface area contributed by atoms with Crippen molar-refractivity contribution in [2.24, 2.45) is 5.90 Å². The molecule has 2 unspecified atom stereocenters. The molecule has 64 heteroatoms. The number of aliphatic hydroxyl groups is 2. The van der Waals surface area contributed by atoms with Crippen LogP contribution in [0.1, 0.15) is 92.4 Å². The van der Waals surface area contributed by atoms with Gasteiger partial charge in [-0.3, -0.25) is 5.04 Å². The number of sulfonamides is 2. The minimum Gasteiger partial charge on any atom is -0.748 e. The van der Waals surface area contributed by atoms with E-state index in [9.17, 15) is 108 Å². The fourth-order valence-corrected chi connectivity index (χ4v) is 21.4. The molecule has 7 aromatic carbocycles. The first-order valence-electron chi connectivity index (χ1n) is 40.8. The summed E-state index contributed by atoms with van der Waals surface area (Å²) in [5.41, 5.74) is 6.24. The van der Waals surface area contributed by atoms with Gasteiger partial charge in [-0.1, -0.05) is 123 Å². The Kier molecular flexibility index (Phi) is 64.7. The molecule has 0 fully saturated rings. The van der Waals surface area contributed by atoms with Gasteiger partial charge in [-0.05, 0) is 122 Å². The number of aromatic nitrogens is 8. The Balaban J connectivity index is 0. The molecule has 5 heterocycles. The number of nitrogens with one attached hydrogen (secondary N) is 2. The number of aliphatic hydroxyl groups excluding tert-OH is 2. The normalized spacial score (nSPS) is 11.8. The molecule has 6 N–H and O–H groups in total. The number of sulfone groups is 5. The molecule has 1 radical (unpaired) electrons. The quantitative estimate of drug-likeness (QED) is 0.00603. The number of benzene rings is 7. The fraction of sp³-hybridized carbons (Fsp3) is 0.345. The number of nitrogens with two attached hydrogens (primary N) is 1. The van der Waals surface area contributed by atoms with E-state index in [-0.39, 0.29) is 200 Å². The van der Waals surface area contributed by atoms with Gasteiger partial charge in [0.2, 0.25) is 20.0 Å². The maximum Gasteiger partial charge on any atom is 2.00 e. The molecule has 0 saturated heterocycles. The van der Waals surface area contributed by atoms with Crippen molar-refractivity contribution in [3.8, 4) is 69.8 Å². The van der Waals surface area contributed by atoms with Crippen LogP contribution in [0.4, 0.5) is 0 Å². The van der Waals surface area contributed by atoms with Gasteiger partial charge in [-0.25, -0.2) is 113 Å². The van der Waals surface area contributed by atoms with Crippen LogP contribution in [0.2, 0.25) is 0 Å². The van der Waals surface area contributed by atoms with Crippen LogP contribution >= 0.6 is 24.1 Å². The number of hydrogen-bond acceptors (Lipinski definition) is 45. The van der Waals surface area contributed by atoms with Crippen LogP contribution in [-0.4, -0.2) is 264 Å². The Morgan fingerprint density at radius 2 is 0.709 bits per heavy atom. The van der Waals surface area contributed by atoms with Gasteiger partial charge < -0.3 is 63.9 Å². The predicted molar refractivity (Wildman–Crippen MR) is 525 cm³/mol. The third-order valence-corrected chi connectivity index (χ3v) is 30.6. The summed E-state index contributed by atoms with van der Waals surface area (Å²) >= 11 is 2.07. The minimum atomic E-state index is -4.46. The molecule has 0 amide bonds. The Hall–Kier alpha value is -8.08. The van der Waals surface area contributed by atoms with Gasteiger partial charge in [0.25, 0.3) is 0 Å². The summed E-state index contributed by atoms with van der Waals surface area (Å²) in [4.78, 5) is 58.3. The second-order valence-corrected chi connectivity index (χ2v) is 50.5. The molecule has 3 aromatic heterocycles. The molecule has 10 aromatic rings. The zero-order valence-corrected chi connectivity index (χ0v) is 90.9. The van der Waals surface area contributed by atoms with E-state index >= 15 is 0 Å². The summed E-state index contributed by atoms with van der Waals surface area (Å²) in [5, 5.41) is 69.1. The number of nitriles is 4. The molecule has 0 spiro atoms. The van der Waals surface area contributed by atoms with Crippen LogP contribution in [-0.2, 0) is 140 Å². The molecule has 8 bridgehead atoms. The zero-order chi connectivity index (χ0) is 106. The molecule has 12 rings (SSSR count). The Morgan fingerprint density at radius 1 is 0.419 bits per heavy atom. The van der Waals surface area contributed by atoms with Crippen molar-refractivity contribution in [3.05, 3.63) is 192 Å². The van der Waals surface area contributed by atoms with E-state index in [4.69, 9.17) is 71.1 Å². The first kappa shape index (κ1) is 142. The van der Waals surface area contributed by atoms with Crippen molar-refractivity contribution in [3.63, 3.8) is 0 Å². The van der Waals surface area contributed by atoms with E-state index in [1.54, 1.807) is 54.8 Å². The van der Waals surface area contributed by atoms with Gasteiger partial charge in [0, 0.05) is 130 Å². The maximum absolute atomic E-state index is 12.2. The van der Waals surface area contributed by atoms with Crippen LogP contribution in [0, 0.1) is 45.3 Å².